The molecule has 2 aromatic rings. The van der Waals surface area contributed by atoms with Gasteiger partial charge in [0.25, 0.3) is 0 Å². The number of imidazole rings is 1. The number of amides is 1. The molecule has 1 aliphatic rings. The maximum Gasteiger partial charge on any atom is 0.225 e. The molecule has 1 aliphatic heterocycles. The summed E-state index contributed by atoms with van der Waals surface area (Å²) in [5, 5.41) is 0. The molecule has 2 aromatic heterocycles. The highest BCUT2D eigenvalue weighted by Gasteiger charge is 2.16. The average molecular weight is 302 g/mol. The number of hydrogen-bond acceptors (Lipinski definition) is 4. The van der Waals surface area contributed by atoms with E-state index in [1.165, 1.54) is 6.42 Å². The number of hydrogen-bond donors (Lipinski definition) is 1. The van der Waals surface area contributed by atoms with Crippen LogP contribution in [0.4, 0.5) is 0 Å². The number of ether oxygens (including phenoxy) is 1. The van der Waals surface area contributed by atoms with Crippen molar-refractivity contribution in [3.05, 3.63) is 30.2 Å². The van der Waals surface area contributed by atoms with E-state index in [-0.39, 0.29) is 5.91 Å². The Morgan fingerprint density at radius 2 is 2.14 bits per heavy atom. The van der Waals surface area contributed by atoms with E-state index >= 15 is 0 Å². The molecule has 0 saturated carbocycles. The fourth-order valence-corrected chi connectivity index (χ4v) is 2.85. The molecule has 0 radical (unpaired) electrons. The van der Waals surface area contributed by atoms with E-state index in [1.807, 2.05) is 27.6 Å². The summed E-state index contributed by atoms with van der Waals surface area (Å²) >= 11 is 0. The number of aromatic nitrogens is 2. The smallest absolute Gasteiger partial charge is 0.225 e. The van der Waals surface area contributed by atoms with Crippen LogP contribution in [0.5, 0.6) is 5.75 Å². The number of carbonyl (C=O) groups is 1. The van der Waals surface area contributed by atoms with Crippen molar-refractivity contribution >= 4 is 11.6 Å². The lowest BCUT2D eigenvalue weighted by Gasteiger charge is -2.26. The highest BCUT2D eigenvalue weighted by atomic mass is 16.5. The molecule has 0 atom stereocenters. The maximum atomic E-state index is 12.1. The number of rotatable bonds is 5. The second-order valence-corrected chi connectivity index (χ2v) is 5.56. The summed E-state index contributed by atoms with van der Waals surface area (Å²) in [4.78, 5) is 18.4. The van der Waals surface area contributed by atoms with Gasteiger partial charge in [-0.2, -0.15) is 0 Å². The number of pyridine rings is 1. The molecular weight excluding hydrogens is 280 g/mol. The molecule has 118 valence electrons. The van der Waals surface area contributed by atoms with Crippen molar-refractivity contribution in [1.82, 2.24) is 14.3 Å². The van der Waals surface area contributed by atoms with Crippen LogP contribution in [0.15, 0.2) is 24.5 Å². The first-order valence-electron chi connectivity index (χ1n) is 7.85. The molecule has 6 heteroatoms. The van der Waals surface area contributed by atoms with Crippen molar-refractivity contribution < 1.29 is 9.53 Å². The zero-order valence-corrected chi connectivity index (χ0v) is 12.7. The first kappa shape index (κ1) is 14.8. The molecule has 2 N–H and O–H groups in total. The van der Waals surface area contributed by atoms with E-state index < -0.39 is 0 Å². The predicted octanol–water partition coefficient (Wildman–Crippen LogP) is 1.57. The van der Waals surface area contributed by atoms with Crippen LogP contribution in [0.2, 0.25) is 0 Å². The van der Waals surface area contributed by atoms with Crippen molar-refractivity contribution in [2.75, 3.05) is 19.7 Å². The minimum Gasteiger partial charge on any atom is -0.489 e. The second-order valence-electron chi connectivity index (χ2n) is 5.56. The number of nitrogens with two attached hydrogens (primary N) is 1. The molecule has 0 spiro atoms. The molecule has 0 aliphatic carbocycles. The van der Waals surface area contributed by atoms with Crippen LogP contribution in [0.25, 0.3) is 5.65 Å². The molecule has 0 bridgehead atoms. The molecule has 3 heterocycles. The zero-order valence-electron chi connectivity index (χ0n) is 12.7. The van der Waals surface area contributed by atoms with Gasteiger partial charge in [-0.05, 0) is 31.4 Å². The molecular formula is C16H22N4O2. The monoisotopic (exact) mass is 302 g/mol. The average Bonchev–Trinajstić information content (AvgIpc) is 2.99. The van der Waals surface area contributed by atoms with Crippen LogP contribution in [0, 0.1) is 0 Å². The number of piperidine rings is 1. The number of likely N-dealkylation sites (tertiary alicyclic amines) is 1. The molecule has 6 nitrogen and oxygen atoms in total. The molecule has 3 rings (SSSR count). The Morgan fingerprint density at radius 3 is 2.91 bits per heavy atom. The topological polar surface area (TPSA) is 72.9 Å². The van der Waals surface area contributed by atoms with E-state index in [0.29, 0.717) is 25.3 Å². The van der Waals surface area contributed by atoms with Crippen LogP contribution in [-0.2, 0) is 11.3 Å². The van der Waals surface area contributed by atoms with Crippen LogP contribution >= 0.6 is 0 Å². The summed E-state index contributed by atoms with van der Waals surface area (Å²) in [7, 11) is 0. The minimum absolute atomic E-state index is 0.178. The summed E-state index contributed by atoms with van der Waals surface area (Å²) in [6, 6.07) is 3.77. The van der Waals surface area contributed by atoms with Crippen molar-refractivity contribution in [2.24, 2.45) is 5.73 Å². The van der Waals surface area contributed by atoms with E-state index in [2.05, 4.69) is 4.98 Å². The molecule has 1 amide bonds. The molecule has 0 aromatic carbocycles. The fourth-order valence-electron chi connectivity index (χ4n) is 2.85. The standard InChI is InChI=1S/C16H22N4O2/c17-11-13-12-18-16-14(5-4-9-20(13)16)22-10-6-15(21)19-7-2-1-3-8-19/h4-5,9,12H,1-3,6-8,10-11,17H2. The minimum atomic E-state index is 0.178. The fraction of sp³-hybridized carbons (Fsp3) is 0.500. The van der Waals surface area contributed by atoms with E-state index in [9.17, 15) is 4.79 Å². The van der Waals surface area contributed by atoms with Gasteiger partial charge in [0, 0.05) is 25.8 Å². The van der Waals surface area contributed by atoms with E-state index in [4.69, 9.17) is 10.5 Å². The SMILES string of the molecule is NCc1cnc2c(OCCC(=O)N3CCCCC3)cccn12. The van der Waals surface area contributed by atoms with Crippen molar-refractivity contribution in [3.63, 3.8) is 0 Å². The number of nitrogens with zero attached hydrogens (tertiary/aromatic N) is 3. The summed E-state index contributed by atoms with van der Waals surface area (Å²) in [5.74, 6) is 0.867. The van der Waals surface area contributed by atoms with Gasteiger partial charge in [-0.15, -0.1) is 0 Å². The Hall–Kier alpha value is -2.08. The van der Waals surface area contributed by atoms with Crippen molar-refractivity contribution in [1.29, 1.82) is 0 Å². The van der Waals surface area contributed by atoms with Gasteiger partial charge in [0.2, 0.25) is 5.91 Å². The highest BCUT2D eigenvalue weighted by molar-refractivity contribution is 5.76. The van der Waals surface area contributed by atoms with E-state index in [0.717, 1.165) is 37.3 Å². The number of carbonyl (C=O) groups excluding carboxylic acids is 1. The van der Waals surface area contributed by atoms with E-state index in [1.54, 1.807) is 6.20 Å². The lowest BCUT2D eigenvalue weighted by Crippen LogP contribution is -2.36. The summed E-state index contributed by atoms with van der Waals surface area (Å²) in [5.41, 5.74) is 7.36. The van der Waals surface area contributed by atoms with Gasteiger partial charge >= 0.3 is 0 Å². The van der Waals surface area contributed by atoms with Gasteiger partial charge in [0.15, 0.2) is 11.4 Å². The van der Waals surface area contributed by atoms with Gasteiger partial charge in [0.1, 0.15) is 0 Å². The third-order valence-corrected chi connectivity index (χ3v) is 4.07. The van der Waals surface area contributed by atoms with Crippen LogP contribution < -0.4 is 10.5 Å². The highest BCUT2D eigenvalue weighted by Crippen LogP contribution is 2.20. The Bertz CT molecular complexity index is 647. The molecule has 1 saturated heterocycles. The summed E-state index contributed by atoms with van der Waals surface area (Å²) in [6.45, 7) is 2.57. The van der Waals surface area contributed by atoms with Gasteiger partial charge < -0.3 is 15.4 Å². The predicted molar refractivity (Wildman–Crippen MR) is 83.6 cm³/mol. The van der Waals surface area contributed by atoms with Gasteiger partial charge in [0.05, 0.1) is 24.9 Å². The van der Waals surface area contributed by atoms with Crippen LogP contribution in [0.1, 0.15) is 31.4 Å². The van der Waals surface area contributed by atoms with Crippen molar-refractivity contribution in [2.45, 2.75) is 32.2 Å². The maximum absolute atomic E-state index is 12.1. The first-order valence-corrected chi connectivity index (χ1v) is 7.85. The Kier molecular flexibility index (Phi) is 4.58. The summed E-state index contributed by atoms with van der Waals surface area (Å²) < 4.78 is 7.69. The third-order valence-electron chi connectivity index (χ3n) is 4.07. The first-order chi connectivity index (χ1) is 10.8. The molecule has 0 unspecified atom stereocenters. The lowest BCUT2D eigenvalue weighted by atomic mass is 10.1. The summed E-state index contributed by atoms with van der Waals surface area (Å²) in [6.07, 6.45) is 7.53. The Morgan fingerprint density at radius 1 is 1.32 bits per heavy atom. The largest absolute Gasteiger partial charge is 0.489 e. The van der Waals surface area contributed by atoms with Crippen LogP contribution in [-0.4, -0.2) is 39.9 Å². The van der Waals surface area contributed by atoms with Crippen LogP contribution in [0.3, 0.4) is 0 Å². The number of fused-ring (bicyclic) bond motifs is 1. The molecule has 1 fully saturated rings. The second kappa shape index (κ2) is 6.79. The quantitative estimate of drug-likeness (QED) is 0.910. The zero-order chi connectivity index (χ0) is 15.4. The van der Waals surface area contributed by atoms with Crippen molar-refractivity contribution in [3.8, 4) is 5.75 Å². The normalized spacial score (nSPS) is 15.2. The third kappa shape index (κ3) is 3.06. The van der Waals surface area contributed by atoms with Gasteiger partial charge in [-0.3, -0.25) is 9.20 Å². The Labute approximate surface area is 129 Å². The molecule has 22 heavy (non-hydrogen) atoms. The van der Waals surface area contributed by atoms with Gasteiger partial charge in [-0.1, -0.05) is 0 Å². The van der Waals surface area contributed by atoms with Gasteiger partial charge in [-0.25, -0.2) is 4.98 Å². The lowest BCUT2D eigenvalue weighted by molar-refractivity contribution is -0.132. The Balaban J connectivity index is 1.59.